The van der Waals surface area contributed by atoms with Gasteiger partial charge in [-0.15, -0.1) is 0 Å². The monoisotopic (exact) mass is 192 g/mol. The van der Waals surface area contributed by atoms with Crippen molar-refractivity contribution in [1.29, 1.82) is 0 Å². The van der Waals surface area contributed by atoms with E-state index in [0.717, 1.165) is 0 Å². The molecule has 72 valence electrons. The second kappa shape index (κ2) is 5.03. The summed E-state index contributed by atoms with van der Waals surface area (Å²) in [5.41, 5.74) is 0.565. The fraction of sp³-hybridized carbons (Fsp3) is 0.182. The molecular weight excluding hydrogens is 183 g/mol. The summed E-state index contributed by atoms with van der Waals surface area (Å²) in [6.45, 7) is 0. The molecule has 0 heterocycles. The van der Waals surface area contributed by atoms with Crippen molar-refractivity contribution < 1.29 is 14.3 Å². The van der Waals surface area contributed by atoms with Crippen molar-refractivity contribution in [3.63, 3.8) is 0 Å². The average Bonchev–Trinajstić information content (AvgIpc) is 2.12. The number of hydrogen-bond donors (Lipinski definition) is 1. The van der Waals surface area contributed by atoms with E-state index in [9.17, 15) is 9.18 Å². The number of aliphatic carboxylic acids is 1. The molecular formula is C11H9FO2. The molecule has 3 heteroatoms. The molecule has 0 fully saturated rings. The Morgan fingerprint density at radius 1 is 1.50 bits per heavy atom. The summed E-state index contributed by atoms with van der Waals surface area (Å²) in [5.74, 6) is 4.14. The van der Waals surface area contributed by atoms with Crippen molar-refractivity contribution in [2.45, 2.75) is 12.8 Å². The van der Waals surface area contributed by atoms with Gasteiger partial charge in [-0.25, -0.2) is 4.39 Å². The van der Waals surface area contributed by atoms with E-state index in [1.807, 2.05) is 0 Å². The van der Waals surface area contributed by atoms with Crippen molar-refractivity contribution in [1.82, 2.24) is 0 Å². The van der Waals surface area contributed by atoms with E-state index in [1.54, 1.807) is 12.1 Å². The van der Waals surface area contributed by atoms with Gasteiger partial charge >= 0.3 is 5.97 Å². The fourth-order valence-corrected chi connectivity index (χ4v) is 0.900. The van der Waals surface area contributed by atoms with E-state index in [2.05, 4.69) is 11.8 Å². The first-order valence-corrected chi connectivity index (χ1v) is 4.15. The summed E-state index contributed by atoms with van der Waals surface area (Å²) >= 11 is 0. The number of rotatable bonds is 2. The highest BCUT2D eigenvalue weighted by molar-refractivity contribution is 5.67. The van der Waals surface area contributed by atoms with Crippen LogP contribution >= 0.6 is 0 Å². The molecule has 0 atom stereocenters. The molecule has 0 saturated carbocycles. The first kappa shape index (κ1) is 10.3. The zero-order chi connectivity index (χ0) is 10.4. The van der Waals surface area contributed by atoms with Gasteiger partial charge in [-0.2, -0.15) is 0 Å². The Balaban J connectivity index is 2.55. The highest BCUT2D eigenvalue weighted by Gasteiger charge is 1.92. The molecule has 1 aromatic carbocycles. The van der Waals surface area contributed by atoms with E-state index >= 15 is 0 Å². The van der Waals surface area contributed by atoms with Gasteiger partial charge in [0, 0.05) is 12.0 Å². The first-order valence-electron chi connectivity index (χ1n) is 4.15. The van der Waals surface area contributed by atoms with Crippen molar-refractivity contribution in [3.05, 3.63) is 35.6 Å². The molecule has 0 unspecified atom stereocenters. The summed E-state index contributed by atoms with van der Waals surface area (Å²) in [6, 6.07) is 5.89. The van der Waals surface area contributed by atoms with Crippen molar-refractivity contribution in [2.24, 2.45) is 0 Å². The maximum Gasteiger partial charge on any atom is 0.304 e. The topological polar surface area (TPSA) is 37.3 Å². The second-order valence-corrected chi connectivity index (χ2v) is 2.71. The van der Waals surface area contributed by atoms with E-state index in [4.69, 9.17) is 5.11 Å². The van der Waals surface area contributed by atoms with Crippen LogP contribution in [0.1, 0.15) is 18.4 Å². The quantitative estimate of drug-likeness (QED) is 0.728. The molecule has 0 amide bonds. The Hall–Kier alpha value is -1.82. The normalized spacial score (nSPS) is 8.93. The van der Waals surface area contributed by atoms with Gasteiger partial charge in [0.1, 0.15) is 5.82 Å². The van der Waals surface area contributed by atoms with Crippen LogP contribution in [0.25, 0.3) is 0 Å². The summed E-state index contributed by atoms with van der Waals surface area (Å²) in [7, 11) is 0. The lowest BCUT2D eigenvalue weighted by Crippen LogP contribution is -1.91. The summed E-state index contributed by atoms with van der Waals surface area (Å²) < 4.78 is 12.6. The Morgan fingerprint density at radius 2 is 2.29 bits per heavy atom. The number of halogens is 1. The van der Waals surface area contributed by atoms with Crippen LogP contribution in [-0.4, -0.2) is 11.1 Å². The molecule has 0 bridgehead atoms. The molecule has 0 spiro atoms. The lowest BCUT2D eigenvalue weighted by Gasteiger charge is -1.89. The molecule has 0 radical (unpaired) electrons. The molecule has 0 aromatic heterocycles. The van der Waals surface area contributed by atoms with Gasteiger partial charge in [0.2, 0.25) is 0 Å². The highest BCUT2D eigenvalue weighted by Crippen LogP contribution is 2.01. The van der Waals surface area contributed by atoms with Gasteiger partial charge in [0.15, 0.2) is 0 Å². The Bertz CT molecular complexity index is 388. The largest absolute Gasteiger partial charge is 0.481 e. The lowest BCUT2D eigenvalue weighted by atomic mass is 10.2. The summed E-state index contributed by atoms with van der Waals surface area (Å²) in [4.78, 5) is 10.1. The summed E-state index contributed by atoms with van der Waals surface area (Å²) in [5, 5.41) is 8.33. The van der Waals surface area contributed by atoms with E-state index < -0.39 is 5.97 Å². The molecule has 0 aliphatic heterocycles. The minimum atomic E-state index is -0.876. The van der Waals surface area contributed by atoms with Gasteiger partial charge in [-0.1, -0.05) is 17.9 Å². The number of benzene rings is 1. The number of hydrogen-bond acceptors (Lipinski definition) is 1. The Labute approximate surface area is 81.4 Å². The van der Waals surface area contributed by atoms with Crippen LogP contribution in [0.2, 0.25) is 0 Å². The van der Waals surface area contributed by atoms with Crippen molar-refractivity contribution in [3.8, 4) is 11.8 Å². The van der Waals surface area contributed by atoms with Crippen LogP contribution in [0, 0.1) is 17.7 Å². The molecule has 14 heavy (non-hydrogen) atoms. The van der Waals surface area contributed by atoms with E-state index in [1.165, 1.54) is 12.1 Å². The molecule has 1 rings (SSSR count). The SMILES string of the molecule is O=C(O)CCC#Cc1cccc(F)c1. The lowest BCUT2D eigenvalue weighted by molar-refractivity contribution is -0.136. The number of carboxylic acids is 1. The third-order valence-electron chi connectivity index (χ3n) is 1.52. The van der Waals surface area contributed by atoms with Crippen LogP contribution in [0.4, 0.5) is 4.39 Å². The van der Waals surface area contributed by atoms with Crippen LogP contribution in [-0.2, 0) is 4.79 Å². The van der Waals surface area contributed by atoms with Crippen LogP contribution < -0.4 is 0 Å². The van der Waals surface area contributed by atoms with Crippen LogP contribution in [0.5, 0.6) is 0 Å². The van der Waals surface area contributed by atoms with Crippen LogP contribution in [0.15, 0.2) is 24.3 Å². The molecule has 1 aromatic rings. The van der Waals surface area contributed by atoms with Gasteiger partial charge in [-0.3, -0.25) is 4.79 Å². The molecule has 1 N–H and O–H groups in total. The summed E-state index contributed by atoms with van der Waals surface area (Å²) in [6.07, 6.45) is 0.300. The molecule has 0 saturated heterocycles. The van der Waals surface area contributed by atoms with Crippen LogP contribution in [0.3, 0.4) is 0 Å². The van der Waals surface area contributed by atoms with Crippen molar-refractivity contribution >= 4 is 5.97 Å². The Kier molecular flexibility index (Phi) is 3.69. The standard InChI is InChI=1S/C11H9FO2/c12-10-6-3-5-9(8-10)4-1-2-7-11(13)14/h3,5-6,8H,2,7H2,(H,13,14). The number of carbonyl (C=O) groups is 1. The maximum atomic E-state index is 12.6. The molecule has 0 aliphatic rings. The molecule has 0 aliphatic carbocycles. The van der Waals surface area contributed by atoms with Gasteiger partial charge in [0.05, 0.1) is 6.42 Å². The van der Waals surface area contributed by atoms with Gasteiger partial charge in [0.25, 0.3) is 0 Å². The minimum absolute atomic E-state index is 0.0162. The van der Waals surface area contributed by atoms with E-state index in [0.29, 0.717) is 5.56 Å². The second-order valence-electron chi connectivity index (χ2n) is 2.71. The van der Waals surface area contributed by atoms with Crippen molar-refractivity contribution in [2.75, 3.05) is 0 Å². The maximum absolute atomic E-state index is 12.6. The number of carboxylic acid groups (broad SMARTS) is 1. The van der Waals surface area contributed by atoms with Gasteiger partial charge < -0.3 is 5.11 Å². The zero-order valence-electron chi connectivity index (χ0n) is 7.46. The molecule has 2 nitrogen and oxygen atoms in total. The minimum Gasteiger partial charge on any atom is -0.481 e. The zero-order valence-corrected chi connectivity index (χ0v) is 7.46. The smallest absolute Gasteiger partial charge is 0.304 e. The third kappa shape index (κ3) is 3.72. The van der Waals surface area contributed by atoms with E-state index in [-0.39, 0.29) is 18.7 Å². The predicted molar refractivity (Wildman–Crippen MR) is 50.1 cm³/mol. The van der Waals surface area contributed by atoms with Gasteiger partial charge in [-0.05, 0) is 18.2 Å². The highest BCUT2D eigenvalue weighted by atomic mass is 19.1. The predicted octanol–water partition coefficient (Wildman–Crippen LogP) is 2.04. The first-order chi connectivity index (χ1) is 6.68. The fourth-order valence-electron chi connectivity index (χ4n) is 0.900. The third-order valence-corrected chi connectivity index (χ3v) is 1.52. The Morgan fingerprint density at radius 3 is 2.93 bits per heavy atom. The average molecular weight is 192 g/mol.